The molecule has 1 aromatic carbocycles. The number of primary amides is 1. The Bertz CT molecular complexity index is 738. The number of H-pyrrole nitrogens is 1. The summed E-state index contributed by atoms with van der Waals surface area (Å²) in [5.74, 6) is -0.907. The number of halogens is 1. The van der Waals surface area contributed by atoms with Gasteiger partial charge in [0.15, 0.2) is 0 Å². The predicted octanol–water partition coefficient (Wildman–Crippen LogP) is 1.19. The number of fused-ring (bicyclic) bond motifs is 1. The number of rotatable bonds is 2. The summed E-state index contributed by atoms with van der Waals surface area (Å²) in [4.78, 5) is 35.5. The minimum absolute atomic E-state index is 0.0117. The summed E-state index contributed by atoms with van der Waals surface area (Å²) in [6, 6.07) is 2.27. The van der Waals surface area contributed by atoms with Crippen LogP contribution in [-0.4, -0.2) is 15.8 Å². The molecule has 3 N–H and O–H groups in total. The molecule has 7 nitrogen and oxygen atoms in total. The topological polar surface area (TPSA) is 119 Å². The summed E-state index contributed by atoms with van der Waals surface area (Å²) >= 11 is 5.70. The van der Waals surface area contributed by atoms with Crippen molar-refractivity contribution in [3.05, 3.63) is 49.3 Å². The van der Waals surface area contributed by atoms with Gasteiger partial charge in [-0.15, -0.1) is 0 Å². The van der Waals surface area contributed by atoms with E-state index < -0.39 is 21.9 Å². The van der Waals surface area contributed by atoms with Crippen LogP contribution in [0.5, 0.6) is 0 Å². The van der Waals surface area contributed by atoms with Crippen LogP contribution in [-0.2, 0) is 0 Å². The number of pyridine rings is 1. The number of nitrogens with one attached hydrogen (secondary N) is 1. The minimum atomic E-state index is -0.907. The van der Waals surface area contributed by atoms with Gasteiger partial charge in [0.2, 0.25) is 5.43 Å². The van der Waals surface area contributed by atoms with Crippen molar-refractivity contribution < 1.29 is 9.72 Å². The molecule has 0 unspecified atom stereocenters. The average molecular weight is 268 g/mol. The lowest BCUT2D eigenvalue weighted by Gasteiger charge is -2.01. The van der Waals surface area contributed by atoms with E-state index in [0.717, 1.165) is 12.3 Å². The van der Waals surface area contributed by atoms with Crippen LogP contribution in [0.1, 0.15) is 10.4 Å². The van der Waals surface area contributed by atoms with Crippen molar-refractivity contribution in [2.24, 2.45) is 5.73 Å². The number of nitrogens with two attached hydrogens (primary N) is 1. The van der Waals surface area contributed by atoms with E-state index in [0.29, 0.717) is 5.52 Å². The van der Waals surface area contributed by atoms with E-state index in [4.69, 9.17) is 17.3 Å². The van der Waals surface area contributed by atoms with E-state index in [1.165, 1.54) is 6.07 Å². The number of hydrogen-bond acceptors (Lipinski definition) is 4. The third kappa shape index (κ3) is 1.80. The highest BCUT2D eigenvalue weighted by atomic mass is 35.5. The number of aromatic nitrogens is 1. The second kappa shape index (κ2) is 4.11. The van der Waals surface area contributed by atoms with Gasteiger partial charge in [0.25, 0.3) is 11.6 Å². The van der Waals surface area contributed by atoms with E-state index in [1.807, 2.05) is 0 Å². The highest BCUT2D eigenvalue weighted by Gasteiger charge is 2.17. The first kappa shape index (κ1) is 12.1. The number of aromatic amines is 1. The van der Waals surface area contributed by atoms with Crippen LogP contribution in [0.4, 0.5) is 5.69 Å². The fourth-order valence-electron chi connectivity index (χ4n) is 1.55. The molecule has 2 aromatic rings. The van der Waals surface area contributed by atoms with Crippen molar-refractivity contribution in [2.75, 3.05) is 0 Å². The van der Waals surface area contributed by atoms with Gasteiger partial charge in [0.05, 0.1) is 15.8 Å². The third-order valence-corrected chi connectivity index (χ3v) is 2.71. The number of benzene rings is 1. The number of nitrogens with zero attached hydrogens (tertiary/aromatic N) is 1. The van der Waals surface area contributed by atoms with Gasteiger partial charge in [-0.1, -0.05) is 11.6 Å². The molecule has 0 aliphatic carbocycles. The molecule has 1 aromatic heterocycles. The summed E-state index contributed by atoms with van der Waals surface area (Å²) < 4.78 is 0. The largest absolute Gasteiger partial charge is 0.365 e. The molecule has 92 valence electrons. The lowest BCUT2D eigenvalue weighted by molar-refractivity contribution is -0.384. The van der Waals surface area contributed by atoms with Crippen molar-refractivity contribution in [3.63, 3.8) is 0 Å². The summed E-state index contributed by atoms with van der Waals surface area (Å²) in [5.41, 5.74) is 3.97. The average Bonchev–Trinajstić information content (AvgIpc) is 2.27. The molecule has 1 heterocycles. The first-order valence-electron chi connectivity index (χ1n) is 4.71. The van der Waals surface area contributed by atoms with Crippen molar-refractivity contribution in [2.45, 2.75) is 0 Å². The first-order chi connectivity index (χ1) is 8.41. The van der Waals surface area contributed by atoms with E-state index >= 15 is 0 Å². The van der Waals surface area contributed by atoms with Crippen molar-refractivity contribution in [1.82, 2.24) is 4.98 Å². The van der Waals surface area contributed by atoms with Gasteiger partial charge >= 0.3 is 0 Å². The maximum absolute atomic E-state index is 11.9. The Labute approximate surface area is 104 Å². The van der Waals surface area contributed by atoms with E-state index in [-0.39, 0.29) is 16.0 Å². The number of carbonyl (C=O) groups is 1. The van der Waals surface area contributed by atoms with E-state index in [9.17, 15) is 19.7 Å². The van der Waals surface area contributed by atoms with Gasteiger partial charge in [-0.2, -0.15) is 0 Å². The molecule has 8 heteroatoms. The molecule has 0 saturated carbocycles. The summed E-state index contributed by atoms with van der Waals surface area (Å²) in [7, 11) is 0. The van der Waals surface area contributed by atoms with Gasteiger partial charge in [-0.3, -0.25) is 19.7 Å². The van der Waals surface area contributed by atoms with Crippen molar-refractivity contribution >= 4 is 34.1 Å². The Morgan fingerprint density at radius 3 is 2.67 bits per heavy atom. The van der Waals surface area contributed by atoms with Crippen LogP contribution < -0.4 is 11.2 Å². The Kier molecular flexibility index (Phi) is 2.76. The zero-order valence-electron chi connectivity index (χ0n) is 8.77. The number of hydrogen-bond donors (Lipinski definition) is 2. The summed E-state index contributed by atoms with van der Waals surface area (Å²) in [5, 5.41) is 10.6. The van der Waals surface area contributed by atoms with Crippen LogP contribution >= 0.6 is 11.6 Å². The molecule has 0 radical (unpaired) electrons. The van der Waals surface area contributed by atoms with Crippen LogP contribution in [0.2, 0.25) is 5.02 Å². The predicted molar refractivity (Wildman–Crippen MR) is 64.8 cm³/mol. The Morgan fingerprint density at radius 2 is 2.11 bits per heavy atom. The Balaban J connectivity index is 2.89. The smallest absolute Gasteiger partial charge is 0.288 e. The molecule has 0 fully saturated rings. The first-order valence-corrected chi connectivity index (χ1v) is 5.08. The maximum atomic E-state index is 11.9. The normalized spacial score (nSPS) is 10.5. The molecule has 0 atom stereocenters. The standard InChI is InChI=1S/C10H6ClN3O4/c11-6-2-7-4(1-8(6)14(17)18)9(15)5(3-13-7)10(12)16/h1-3H,(H2,12,16)(H,13,15). The van der Waals surface area contributed by atoms with E-state index in [2.05, 4.69) is 4.98 Å². The van der Waals surface area contributed by atoms with Crippen molar-refractivity contribution in [3.8, 4) is 0 Å². The highest BCUT2D eigenvalue weighted by molar-refractivity contribution is 6.33. The Morgan fingerprint density at radius 1 is 1.44 bits per heavy atom. The molecule has 1 amide bonds. The van der Waals surface area contributed by atoms with E-state index in [1.54, 1.807) is 0 Å². The maximum Gasteiger partial charge on any atom is 0.288 e. The number of nitro benzene ring substituents is 1. The molecule has 0 spiro atoms. The highest BCUT2D eigenvalue weighted by Crippen LogP contribution is 2.27. The van der Waals surface area contributed by atoms with Crippen LogP contribution in [0.25, 0.3) is 10.9 Å². The number of nitro groups is 1. The van der Waals surface area contributed by atoms with Gasteiger partial charge < -0.3 is 10.7 Å². The number of amides is 1. The third-order valence-electron chi connectivity index (χ3n) is 2.41. The molecule has 0 saturated heterocycles. The fourth-order valence-corrected chi connectivity index (χ4v) is 1.79. The fraction of sp³-hybridized carbons (Fsp3) is 0. The van der Waals surface area contributed by atoms with Crippen LogP contribution in [0, 0.1) is 10.1 Å². The molecular formula is C10H6ClN3O4. The van der Waals surface area contributed by atoms with Crippen molar-refractivity contribution in [1.29, 1.82) is 0 Å². The second-order valence-corrected chi connectivity index (χ2v) is 3.91. The lowest BCUT2D eigenvalue weighted by atomic mass is 10.1. The molecule has 0 aliphatic heterocycles. The van der Waals surface area contributed by atoms with Gasteiger partial charge in [0.1, 0.15) is 10.6 Å². The molecule has 0 bridgehead atoms. The van der Waals surface area contributed by atoms with Gasteiger partial charge in [0, 0.05) is 12.3 Å². The Hall–Kier alpha value is -2.41. The zero-order valence-corrected chi connectivity index (χ0v) is 9.52. The molecular weight excluding hydrogens is 262 g/mol. The second-order valence-electron chi connectivity index (χ2n) is 3.50. The zero-order chi connectivity index (χ0) is 13.4. The number of carbonyl (C=O) groups excluding carboxylic acids is 1. The van der Waals surface area contributed by atoms with Crippen LogP contribution in [0.3, 0.4) is 0 Å². The van der Waals surface area contributed by atoms with Crippen LogP contribution in [0.15, 0.2) is 23.1 Å². The summed E-state index contributed by atoms with van der Waals surface area (Å²) in [6.45, 7) is 0. The molecule has 2 rings (SSSR count). The summed E-state index contributed by atoms with van der Waals surface area (Å²) in [6.07, 6.45) is 1.15. The minimum Gasteiger partial charge on any atom is -0.365 e. The lowest BCUT2D eigenvalue weighted by Crippen LogP contribution is -2.22. The molecule has 0 aliphatic rings. The molecule has 18 heavy (non-hydrogen) atoms. The quantitative estimate of drug-likeness (QED) is 0.627. The SMILES string of the molecule is NC(=O)c1c[nH]c2cc(Cl)c([N+](=O)[O-])cc2c1=O. The van der Waals surface area contributed by atoms with Gasteiger partial charge in [-0.05, 0) is 6.07 Å². The monoisotopic (exact) mass is 267 g/mol. The van der Waals surface area contributed by atoms with Gasteiger partial charge in [-0.25, -0.2) is 0 Å².